The molecule has 0 aliphatic heterocycles. The molecule has 3 rings (SSSR count). The minimum absolute atomic E-state index is 0.0317. The average Bonchev–Trinajstić information content (AvgIpc) is 3.40. The largest absolute Gasteiger partial charge is 0.480 e. The lowest BCUT2D eigenvalue weighted by Crippen LogP contribution is -2.52. The Hall–Kier alpha value is -3.40. The number of amides is 2. The molecule has 0 bridgehead atoms. The van der Waals surface area contributed by atoms with Crippen molar-refractivity contribution in [2.45, 2.75) is 38.8 Å². The average molecular weight is 490 g/mol. The molecule has 0 saturated heterocycles. The van der Waals surface area contributed by atoms with Crippen LogP contribution in [0.15, 0.2) is 48.8 Å². The zero-order valence-electron chi connectivity index (χ0n) is 18.6. The molecule has 0 saturated carbocycles. The third-order valence-corrected chi connectivity index (χ3v) is 6.16. The molecule has 0 fully saturated rings. The number of aromatic amines is 1. The highest BCUT2D eigenvalue weighted by Gasteiger charge is 2.29. The van der Waals surface area contributed by atoms with Crippen LogP contribution in [-0.4, -0.2) is 54.1 Å². The number of fused-ring (bicyclic) bond motifs is 1. The van der Waals surface area contributed by atoms with Crippen LogP contribution in [-0.2, 0) is 20.6 Å². The molecule has 12 heteroatoms. The Kier molecular flexibility index (Phi) is 7.61. The molecular formula is C22H27N4O7P. The van der Waals surface area contributed by atoms with Gasteiger partial charge in [0.1, 0.15) is 17.8 Å². The molecule has 34 heavy (non-hydrogen) atoms. The van der Waals surface area contributed by atoms with Gasteiger partial charge in [-0.2, -0.15) is 0 Å². The van der Waals surface area contributed by atoms with E-state index in [-0.39, 0.29) is 30.0 Å². The Balaban J connectivity index is 1.83. The Morgan fingerprint density at radius 2 is 1.76 bits per heavy atom. The van der Waals surface area contributed by atoms with Crippen molar-refractivity contribution in [3.63, 3.8) is 0 Å². The Labute approximate surface area is 195 Å². The summed E-state index contributed by atoms with van der Waals surface area (Å²) >= 11 is 0. The van der Waals surface area contributed by atoms with E-state index in [0.717, 1.165) is 4.34 Å². The number of aromatic nitrogens is 2. The molecule has 2 amide bonds. The van der Waals surface area contributed by atoms with Crippen molar-refractivity contribution in [2.24, 2.45) is 5.92 Å². The number of carboxylic acid groups (broad SMARTS) is 1. The monoisotopic (exact) mass is 490 g/mol. The second-order valence-corrected chi connectivity index (χ2v) is 9.83. The van der Waals surface area contributed by atoms with E-state index >= 15 is 0 Å². The van der Waals surface area contributed by atoms with E-state index in [4.69, 9.17) is 0 Å². The molecule has 182 valence electrons. The summed E-state index contributed by atoms with van der Waals surface area (Å²) in [4.78, 5) is 59.5. The highest BCUT2D eigenvalue weighted by atomic mass is 31.2. The number of carbonyl (C=O) groups excluding carboxylic acids is 2. The standard InChI is InChI=1S/C22H27N4O7P/c1-13(2)10-17(24-20(27)16-7-5-9-23-16)21(28)25-18(22(29)30)11-14-12-26(34(31,32)33)19-8-4-3-6-15(14)19/h3-9,12-13,17-18,23H,10-11H2,1-2H3,(H,24,27)(H,25,28)(H,29,30)(H2,31,32,33)/t17-,18-/m0/s1. The molecule has 0 unspecified atom stereocenters. The van der Waals surface area contributed by atoms with Crippen molar-refractivity contribution in [1.29, 1.82) is 0 Å². The van der Waals surface area contributed by atoms with Crippen molar-refractivity contribution in [3.05, 3.63) is 60.0 Å². The van der Waals surface area contributed by atoms with Crippen LogP contribution in [0.25, 0.3) is 10.9 Å². The van der Waals surface area contributed by atoms with Gasteiger partial charge in [-0.25, -0.2) is 9.36 Å². The molecule has 3 aromatic rings. The van der Waals surface area contributed by atoms with Crippen molar-refractivity contribution in [1.82, 2.24) is 20.0 Å². The van der Waals surface area contributed by atoms with Crippen LogP contribution in [0, 0.1) is 5.92 Å². The summed E-state index contributed by atoms with van der Waals surface area (Å²) in [7, 11) is -4.68. The number of benzene rings is 1. The summed E-state index contributed by atoms with van der Waals surface area (Å²) < 4.78 is 12.7. The third-order valence-electron chi connectivity index (χ3n) is 5.27. The second kappa shape index (κ2) is 10.3. The van der Waals surface area contributed by atoms with E-state index < -0.39 is 37.6 Å². The summed E-state index contributed by atoms with van der Waals surface area (Å²) in [5, 5.41) is 15.3. The van der Waals surface area contributed by atoms with Gasteiger partial charge in [0.05, 0.1) is 5.52 Å². The van der Waals surface area contributed by atoms with Gasteiger partial charge < -0.3 is 30.5 Å². The van der Waals surface area contributed by atoms with Crippen LogP contribution >= 0.6 is 7.75 Å². The topological polar surface area (TPSA) is 174 Å². The minimum Gasteiger partial charge on any atom is -0.480 e. The van der Waals surface area contributed by atoms with Crippen LogP contribution in [0.3, 0.4) is 0 Å². The number of hydrogen-bond acceptors (Lipinski definition) is 4. The predicted octanol–water partition coefficient (Wildman–Crippen LogP) is 1.87. The Bertz CT molecular complexity index is 1230. The number of carbonyl (C=O) groups is 3. The molecule has 2 atom stereocenters. The fraction of sp³-hybridized carbons (Fsp3) is 0.318. The Morgan fingerprint density at radius 1 is 1.06 bits per heavy atom. The molecule has 2 aromatic heterocycles. The zero-order chi connectivity index (χ0) is 25.0. The van der Waals surface area contributed by atoms with Gasteiger partial charge in [0.15, 0.2) is 0 Å². The Morgan fingerprint density at radius 3 is 2.35 bits per heavy atom. The number of nitrogens with one attached hydrogen (secondary N) is 3. The maximum Gasteiger partial charge on any atom is 0.434 e. The van der Waals surface area contributed by atoms with E-state index in [9.17, 15) is 33.8 Å². The molecule has 2 heterocycles. The minimum atomic E-state index is -4.68. The number of rotatable bonds is 10. The summed E-state index contributed by atoms with van der Waals surface area (Å²) in [6.07, 6.45) is 2.84. The first-order valence-corrected chi connectivity index (χ1v) is 12.2. The van der Waals surface area contributed by atoms with E-state index in [2.05, 4.69) is 15.6 Å². The normalized spacial score (nSPS) is 13.6. The summed E-state index contributed by atoms with van der Waals surface area (Å²) in [5.41, 5.74) is 0.862. The predicted molar refractivity (Wildman–Crippen MR) is 124 cm³/mol. The highest BCUT2D eigenvalue weighted by molar-refractivity contribution is 7.50. The van der Waals surface area contributed by atoms with E-state index in [1.165, 1.54) is 12.3 Å². The van der Waals surface area contributed by atoms with E-state index in [1.807, 2.05) is 13.8 Å². The maximum atomic E-state index is 13.0. The number of H-pyrrole nitrogens is 1. The smallest absolute Gasteiger partial charge is 0.434 e. The number of carboxylic acids is 1. The quantitative estimate of drug-likeness (QED) is 0.235. The third kappa shape index (κ3) is 5.93. The van der Waals surface area contributed by atoms with Crippen molar-refractivity contribution in [2.75, 3.05) is 0 Å². The molecule has 0 radical (unpaired) electrons. The van der Waals surface area contributed by atoms with Crippen molar-refractivity contribution in [3.8, 4) is 0 Å². The van der Waals surface area contributed by atoms with E-state index in [1.54, 1.807) is 36.5 Å². The maximum absolute atomic E-state index is 13.0. The second-order valence-electron chi connectivity index (χ2n) is 8.37. The molecule has 1 aromatic carbocycles. The number of nitrogens with zero attached hydrogens (tertiary/aromatic N) is 1. The van der Waals surface area contributed by atoms with Crippen molar-refractivity contribution >= 4 is 36.4 Å². The number of hydrogen-bond donors (Lipinski definition) is 6. The lowest BCUT2D eigenvalue weighted by Gasteiger charge is -2.22. The first-order valence-electron chi connectivity index (χ1n) is 10.6. The SMILES string of the molecule is CC(C)C[C@H](NC(=O)c1ccc[nH]1)C(=O)N[C@@H](Cc1cn(P(=O)(O)O)c2ccccc12)C(=O)O. The molecule has 6 N–H and O–H groups in total. The van der Waals surface area contributed by atoms with Gasteiger partial charge in [-0.05, 0) is 36.1 Å². The molecule has 11 nitrogen and oxygen atoms in total. The summed E-state index contributed by atoms with van der Waals surface area (Å²) in [6, 6.07) is 7.24. The molecule has 0 spiro atoms. The fourth-order valence-corrected chi connectivity index (χ4v) is 4.46. The molecular weight excluding hydrogens is 463 g/mol. The highest BCUT2D eigenvalue weighted by Crippen LogP contribution is 2.42. The van der Waals surface area contributed by atoms with Gasteiger partial charge in [0.25, 0.3) is 5.91 Å². The van der Waals surface area contributed by atoms with Crippen LogP contribution in [0.4, 0.5) is 0 Å². The van der Waals surface area contributed by atoms with Gasteiger partial charge in [-0.3, -0.25) is 13.9 Å². The van der Waals surface area contributed by atoms with Crippen LogP contribution in [0.5, 0.6) is 0 Å². The van der Waals surface area contributed by atoms with Crippen LogP contribution in [0.1, 0.15) is 36.3 Å². The first-order chi connectivity index (χ1) is 16.0. The van der Waals surface area contributed by atoms with Crippen LogP contribution in [0.2, 0.25) is 0 Å². The summed E-state index contributed by atoms with van der Waals surface area (Å²) in [5.74, 6) is -2.45. The van der Waals surface area contributed by atoms with Gasteiger partial charge in [-0.1, -0.05) is 32.0 Å². The number of para-hydroxylation sites is 1. The van der Waals surface area contributed by atoms with Crippen LogP contribution < -0.4 is 10.6 Å². The molecule has 0 aliphatic carbocycles. The molecule has 0 aliphatic rings. The van der Waals surface area contributed by atoms with E-state index in [0.29, 0.717) is 10.9 Å². The van der Waals surface area contributed by atoms with Gasteiger partial charge in [0.2, 0.25) is 5.91 Å². The number of aliphatic carboxylic acids is 1. The first kappa shape index (κ1) is 25.2. The lowest BCUT2D eigenvalue weighted by molar-refractivity contribution is -0.142. The van der Waals surface area contributed by atoms with Gasteiger partial charge in [0, 0.05) is 24.2 Å². The van der Waals surface area contributed by atoms with Gasteiger partial charge in [-0.15, -0.1) is 0 Å². The summed E-state index contributed by atoms with van der Waals surface area (Å²) in [6.45, 7) is 3.74. The fourth-order valence-electron chi connectivity index (χ4n) is 3.71. The lowest BCUT2D eigenvalue weighted by atomic mass is 10.0. The van der Waals surface area contributed by atoms with Gasteiger partial charge >= 0.3 is 13.7 Å². The van der Waals surface area contributed by atoms with Crippen molar-refractivity contribution < 1.29 is 33.8 Å². The zero-order valence-corrected chi connectivity index (χ0v) is 19.5.